The minimum absolute atomic E-state index is 0.103. The van der Waals surface area contributed by atoms with E-state index in [1.54, 1.807) is 6.07 Å². The highest BCUT2D eigenvalue weighted by atomic mass is 19.4. The van der Waals surface area contributed by atoms with Crippen molar-refractivity contribution < 1.29 is 13.2 Å². The summed E-state index contributed by atoms with van der Waals surface area (Å²) in [6.45, 7) is 8.42. The maximum Gasteiger partial charge on any atom is 0.416 e. The Morgan fingerprint density at radius 1 is 0.903 bits per heavy atom. The fraction of sp³-hybridized carbons (Fsp3) is 0.500. The molecule has 0 N–H and O–H groups in total. The van der Waals surface area contributed by atoms with E-state index in [1.807, 2.05) is 32.0 Å². The van der Waals surface area contributed by atoms with Crippen molar-refractivity contribution in [1.82, 2.24) is 4.90 Å². The van der Waals surface area contributed by atoms with Crippen molar-refractivity contribution in [3.63, 3.8) is 0 Å². The second-order valence-corrected chi connectivity index (χ2v) is 8.46. The van der Waals surface area contributed by atoms with Crippen LogP contribution in [0.4, 0.5) is 13.2 Å². The molecule has 0 fully saturated rings. The average molecular weight is 431 g/mol. The Kier molecular flexibility index (Phi) is 9.13. The van der Waals surface area contributed by atoms with Crippen LogP contribution in [0.2, 0.25) is 0 Å². The first-order valence-corrected chi connectivity index (χ1v) is 11.1. The lowest BCUT2D eigenvalue weighted by Gasteiger charge is -2.34. The zero-order valence-corrected chi connectivity index (χ0v) is 18.8. The molecule has 2 aromatic carbocycles. The van der Waals surface area contributed by atoms with Crippen molar-refractivity contribution >= 4 is 0 Å². The maximum atomic E-state index is 13.7. The van der Waals surface area contributed by atoms with Gasteiger partial charge in [0.2, 0.25) is 0 Å². The number of nitriles is 1. The molecule has 0 saturated carbocycles. The van der Waals surface area contributed by atoms with Gasteiger partial charge in [-0.3, -0.25) is 0 Å². The SMILES string of the molecule is CCCN(CCCC(C#N)(c1ccccc1C(F)(F)F)C(C)C)CCc1ccccc1. The second kappa shape index (κ2) is 11.3. The van der Waals surface area contributed by atoms with E-state index < -0.39 is 17.2 Å². The van der Waals surface area contributed by atoms with E-state index in [4.69, 9.17) is 0 Å². The van der Waals surface area contributed by atoms with Gasteiger partial charge >= 0.3 is 6.18 Å². The molecule has 0 aliphatic carbocycles. The lowest BCUT2D eigenvalue weighted by molar-refractivity contribution is -0.138. The van der Waals surface area contributed by atoms with Crippen LogP contribution in [0.3, 0.4) is 0 Å². The fourth-order valence-electron chi connectivity index (χ4n) is 4.26. The molecule has 0 aliphatic rings. The summed E-state index contributed by atoms with van der Waals surface area (Å²) in [5, 5.41) is 10.1. The summed E-state index contributed by atoms with van der Waals surface area (Å²) in [4.78, 5) is 2.35. The molecule has 2 nitrogen and oxygen atoms in total. The quantitative estimate of drug-likeness (QED) is 0.389. The van der Waals surface area contributed by atoms with Gasteiger partial charge in [-0.15, -0.1) is 0 Å². The van der Waals surface area contributed by atoms with Gasteiger partial charge < -0.3 is 4.90 Å². The van der Waals surface area contributed by atoms with Gasteiger partial charge in [0, 0.05) is 6.54 Å². The number of rotatable bonds is 11. The first kappa shape index (κ1) is 24.9. The Morgan fingerprint density at radius 2 is 1.52 bits per heavy atom. The summed E-state index contributed by atoms with van der Waals surface area (Å²) in [6, 6.07) is 18.1. The molecule has 168 valence electrons. The first-order valence-electron chi connectivity index (χ1n) is 11.1. The molecule has 31 heavy (non-hydrogen) atoms. The van der Waals surface area contributed by atoms with Crippen LogP contribution in [0, 0.1) is 17.2 Å². The second-order valence-electron chi connectivity index (χ2n) is 8.46. The van der Waals surface area contributed by atoms with Crippen molar-refractivity contribution in [3.8, 4) is 6.07 Å². The molecule has 1 unspecified atom stereocenters. The van der Waals surface area contributed by atoms with Crippen LogP contribution in [0.25, 0.3) is 0 Å². The molecule has 1 atom stereocenters. The molecule has 0 spiro atoms. The molecule has 0 aromatic heterocycles. The van der Waals surface area contributed by atoms with Crippen LogP contribution in [-0.2, 0) is 18.0 Å². The van der Waals surface area contributed by atoms with Crippen molar-refractivity contribution in [3.05, 3.63) is 71.3 Å². The summed E-state index contributed by atoms with van der Waals surface area (Å²) in [7, 11) is 0. The number of benzene rings is 2. The number of hydrogen-bond acceptors (Lipinski definition) is 2. The molecule has 5 heteroatoms. The van der Waals surface area contributed by atoms with Gasteiger partial charge in [0.05, 0.1) is 17.0 Å². The Labute approximate surface area is 184 Å². The van der Waals surface area contributed by atoms with E-state index in [1.165, 1.54) is 17.7 Å². The van der Waals surface area contributed by atoms with Crippen molar-refractivity contribution in [2.45, 2.75) is 58.0 Å². The van der Waals surface area contributed by atoms with Crippen LogP contribution in [-0.4, -0.2) is 24.5 Å². The highest BCUT2D eigenvalue weighted by molar-refractivity contribution is 5.41. The lowest BCUT2D eigenvalue weighted by atomic mass is 9.68. The molecule has 0 bridgehead atoms. The summed E-state index contributed by atoms with van der Waals surface area (Å²) >= 11 is 0. The van der Waals surface area contributed by atoms with E-state index in [0.717, 1.165) is 38.5 Å². The predicted molar refractivity (Wildman–Crippen MR) is 120 cm³/mol. The standard InChI is InChI=1S/C26H33F3N2/c1-4-17-31(19-15-22-11-6-5-7-12-22)18-10-16-25(20-30,21(2)3)23-13-8-9-14-24(23)26(27,28)29/h5-9,11-14,21H,4,10,15-19H2,1-3H3. The van der Waals surface area contributed by atoms with Crippen LogP contribution < -0.4 is 0 Å². The number of alkyl halides is 3. The van der Waals surface area contributed by atoms with Crippen molar-refractivity contribution in [2.24, 2.45) is 5.92 Å². The highest BCUT2D eigenvalue weighted by Crippen LogP contribution is 2.43. The molecular weight excluding hydrogens is 397 g/mol. The fourth-order valence-corrected chi connectivity index (χ4v) is 4.26. The first-order chi connectivity index (χ1) is 14.7. The van der Waals surface area contributed by atoms with Gasteiger partial charge in [0.1, 0.15) is 0 Å². The Bertz CT molecular complexity index is 840. The molecule has 2 aromatic rings. The summed E-state index contributed by atoms with van der Waals surface area (Å²) < 4.78 is 41.0. The maximum absolute atomic E-state index is 13.7. The highest BCUT2D eigenvalue weighted by Gasteiger charge is 2.43. The summed E-state index contributed by atoms with van der Waals surface area (Å²) in [5.74, 6) is -0.232. The molecule has 0 amide bonds. The van der Waals surface area contributed by atoms with Crippen LogP contribution in [0.15, 0.2) is 54.6 Å². The zero-order valence-electron chi connectivity index (χ0n) is 18.8. The molecule has 0 heterocycles. The molecule has 0 radical (unpaired) electrons. The van der Waals surface area contributed by atoms with Gasteiger partial charge in [-0.05, 0) is 61.9 Å². The topological polar surface area (TPSA) is 27.0 Å². The van der Waals surface area contributed by atoms with Crippen LogP contribution in [0.5, 0.6) is 0 Å². The predicted octanol–water partition coefficient (Wildman–Crippen LogP) is 6.86. The molecule has 0 aliphatic heterocycles. The van der Waals surface area contributed by atoms with Gasteiger partial charge in [-0.25, -0.2) is 0 Å². The minimum Gasteiger partial charge on any atom is -0.303 e. The smallest absolute Gasteiger partial charge is 0.303 e. The van der Waals surface area contributed by atoms with Gasteiger partial charge in [-0.2, -0.15) is 18.4 Å². The molecule has 0 saturated heterocycles. The molecular formula is C26H33F3N2. The van der Waals surface area contributed by atoms with Crippen LogP contribution in [0.1, 0.15) is 56.7 Å². The van der Waals surface area contributed by atoms with E-state index in [9.17, 15) is 18.4 Å². The van der Waals surface area contributed by atoms with Crippen molar-refractivity contribution in [2.75, 3.05) is 19.6 Å². The Hall–Kier alpha value is -2.32. The third-order valence-electron chi connectivity index (χ3n) is 6.04. The van der Waals surface area contributed by atoms with Gasteiger partial charge in [-0.1, -0.05) is 69.3 Å². The summed E-state index contributed by atoms with van der Waals surface area (Å²) in [5.41, 5.74) is -0.481. The Balaban J connectivity index is 2.15. The number of nitrogens with zero attached hydrogens (tertiary/aromatic N) is 2. The van der Waals surface area contributed by atoms with E-state index >= 15 is 0 Å². The largest absolute Gasteiger partial charge is 0.416 e. The van der Waals surface area contributed by atoms with Crippen LogP contribution >= 0.6 is 0 Å². The zero-order chi connectivity index (χ0) is 22.9. The lowest BCUT2D eigenvalue weighted by Crippen LogP contribution is -2.35. The van der Waals surface area contributed by atoms with Gasteiger partial charge in [0.15, 0.2) is 0 Å². The third kappa shape index (κ3) is 6.58. The normalized spacial score (nSPS) is 13.9. The van der Waals surface area contributed by atoms with E-state index in [2.05, 4.69) is 30.0 Å². The van der Waals surface area contributed by atoms with Crippen molar-refractivity contribution in [1.29, 1.82) is 5.26 Å². The summed E-state index contributed by atoms with van der Waals surface area (Å²) in [6.07, 6.45) is -1.45. The molecule has 2 rings (SSSR count). The average Bonchev–Trinajstić information content (AvgIpc) is 2.75. The van der Waals surface area contributed by atoms with E-state index in [0.29, 0.717) is 12.8 Å². The third-order valence-corrected chi connectivity index (χ3v) is 6.04. The van der Waals surface area contributed by atoms with E-state index in [-0.39, 0.29) is 11.5 Å². The number of halogens is 3. The van der Waals surface area contributed by atoms with Gasteiger partial charge in [0.25, 0.3) is 0 Å². The monoisotopic (exact) mass is 430 g/mol. The minimum atomic E-state index is -4.47. The Morgan fingerprint density at radius 3 is 2.06 bits per heavy atom. The number of hydrogen-bond donors (Lipinski definition) is 0.